The molecule has 0 spiro atoms. The highest BCUT2D eigenvalue weighted by atomic mass is 16.5. The Morgan fingerprint density at radius 3 is 2.70 bits per heavy atom. The smallest absolute Gasteiger partial charge is 0.358 e. The Hall–Kier alpha value is -2.03. The molecule has 1 heterocycles. The van der Waals surface area contributed by atoms with Crippen LogP contribution in [0.2, 0.25) is 0 Å². The fraction of sp³-hybridized carbons (Fsp3) is 0.643. The Labute approximate surface area is 119 Å². The van der Waals surface area contributed by atoms with Gasteiger partial charge < -0.3 is 10.5 Å². The number of hydrogen-bond acceptors (Lipinski definition) is 5. The van der Waals surface area contributed by atoms with E-state index in [1.807, 2.05) is 20.8 Å². The summed E-state index contributed by atoms with van der Waals surface area (Å²) < 4.78 is 6.65. The van der Waals surface area contributed by atoms with Crippen LogP contribution >= 0.6 is 0 Å². The molecule has 0 bridgehead atoms. The fourth-order valence-corrected chi connectivity index (χ4v) is 1.90. The number of ether oxygens (including phenoxy) is 1. The van der Waals surface area contributed by atoms with E-state index in [0.29, 0.717) is 36.3 Å². The van der Waals surface area contributed by atoms with Crippen molar-refractivity contribution in [2.75, 3.05) is 12.3 Å². The Balaban J connectivity index is 2.57. The molecule has 0 aromatic carbocycles. The number of nitrogens with two attached hydrogens (primary N) is 1. The molecule has 110 valence electrons. The molecule has 0 radical (unpaired) electrons. The van der Waals surface area contributed by atoms with Gasteiger partial charge in [-0.3, -0.25) is 4.68 Å². The van der Waals surface area contributed by atoms with E-state index in [1.54, 1.807) is 7.05 Å². The average Bonchev–Trinajstić information content (AvgIpc) is 2.69. The maximum atomic E-state index is 12.0. The first kappa shape index (κ1) is 16.0. The maximum Gasteiger partial charge on any atom is 0.358 e. The minimum absolute atomic E-state index is 0.274. The molecule has 20 heavy (non-hydrogen) atoms. The van der Waals surface area contributed by atoms with Gasteiger partial charge in [-0.05, 0) is 33.1 Å². The normalized spacial score (nSPS) is 11.2. The van der Waals surface area contributed by atoms with Crippen molar-refractivity contribution in [3.8, 4) is 6.07 Å². The van der Waals surface area contributed by atoms with Crippen molar-refractivity contribution in [1.82, 2.24) is 9.78 Å². The van der Waals surface area contributed by atoms with Gasteiger partial charge in [0, 0.05) is 7.05 Å². The van der Waals surface area contributed by atoms with E-state index in [9.17, 15) is 4.79 Å². The predicted octanol–water partition coefficient (Wildman–Crippen LogP) is 2.05. The number of nitrogens with zero attached hydrogens (tertiary/aromatic N) is 3. The molecule has 6 nitrogen and oxygen atoms in total. The number of carbonyl (C=O) groups excluding carboxylic acids is 1. The zero-order valence-electron chi connectivity index (χ0n) is 12.6. The number of esters is 1. The van der Waals surface area contributed by atoms with E-state index in [1.165, 1.54) is 4.68 Å². The second kappa shape index (κ2) is 6.42. The number of rotatable bonds is 6. The molecule has 0 atom stereocenters. The molecule has 1 aromatic heterocycles. The van der Waals surface area contributed by atoms with Gasteiger partial charge in [-0.1, -0.05) is 6.92 Å². The molecule has 0 fully saturated rings. The topological polar surface area (TPSA) is 93.9 Å². The van der Waals surface area contributed by atoms with Crippen LogP contribution in [0.4, 0.5) is 5.69 Å². The number of aromatic nitrogens is 2. The quantitative estimate of drug-likeness (QED) is 0.635. The molecule has 0 saturated carbocycles. The zero-order valence-corrected chi connectivity index (χ0v) is 12.6. The molecule has 1 aromatic rings. The largest absolute Gasteiger partial charge is 0.461 e. The van der Waals surface area contributed by atoms with E-state index in [4.69, 9.17) is 15.7 Å². The second-order valence-corrected chi connectivity index (χ2v) is 5.42. The van der Waals surface area contributed by atoms with Gasteiger partial charge in [0.05, 0.1) is 29.5 Å². The van der Waals surface area contributed by atoms with Gasteiger partial charge in [0.15, 0.2) is 5.69 Å². The van der Waals surface area contributed by atoms with Crippen LogP contribution in [0.3, 0.4) is 0 Å². The lowest BCUT2D eigenvalue weighted by Crippen LogP contribution is -2.15. The SMILES string of the molecule is CCc1nn(C)c(C(=O)OCCCC(C)(C)C#N)c1N. The van der Waals surface area contributed by atoms with Crippen LogP contribution in [-0.4, -0.2) is 22.4 Å². The molecule has 0 saturated heterocycles. The number of nitrogen functional groups attached to an aromatic ring is 1. The van der Waals surface area contributed by atoms with Gasteiger partial charge in [-0.15, -0.1) is 0 Å². The van der Waals surface area contributed by atoms with Crippen LogP contribution in [0.1, 0.15) is 49.8 Å². The first-order chi connectivity index (χ1) is 9.32. The summed E-state index contributed by atoms with van der Waals surface area (Å²) in [6.07, 6.45) is 1.99. The highest BCUT2D eigenvalue weighted by Crippen LogP contribution is 2.21. The second-order valence-electron chi connectivity index (χ2n) is 5.42. The van der Waals surface area contributed by atoms with Crippen molar-refractivity contribution < 1.29 is 9.53 Å². The molecule has 0 aliphatic rings. The van der Waals surface area contributed by atoms with Crippen LogP contribution in [-0.2, 0) is 18.2 Å². The third-order valence-corrected chi connectivity index (χ3v) is 3.17. The summed E-state index contributed by atoms with van der Waals surface area (Å²) in [6, 6.07) is 2.22. The van der Waals surface area contributed by atoms with Crippen LogP contribution in [0.5, 0.6) is 0 Å². The highest BCUT2D eigenvalue weighted by molar-refractivity contribution is 5.93. The van der Waals surface area contributed by atoms with Gasteiger partial charge in [0.2, 0.25) is 0 Å². The Morgan fingerprint density at radius 2 is 2.20 bits per heavy atom. The minimum Gasteiger partial charge on any atom is -0.461 e. The molecule has 6 heteroatoms. The van der Waals surface area contributed by atoms with Crippen molar-refractivity contribution in [3.05, 3.63) is 11.4 Å². The van der Waals surface area contributed by atoms with Gasteiger partial charge in [0.1, 0.15) is 0 Å². The Morgan fingerprint density at radius 1 is 1.55 bits per heavy atom. The summed E-state index contributed by atoms with van der Waals surface area (Å²) in [7, 11) is 1.67. The van der Waals surface area contributed by atoms with Crippen LogP contribution in [0.15, 0.2) is 0 Å². The predicted molar refractivity (Wildman–Crippen MR) is 75.9 cm³/mol. The lowest BCUT2D eigenvalue weighted by atomic mass is 9.90. The Bertz CT molecular complexity index is 526. The average molecular weight is 278 g/mol. The van der Waals surface area contributed by atoms with E-state index in [0.717, 1.165) is 0 Å². The number of nitriles is 1. The minimum atomic E-state index is -0.466. The van der Waals surface area contributed by atoms with E-state index >= 15 is 0 Å². The summed E-state index contributed by atoms with van der Waals surface area (Å²) in [5, 5.41) is 13.1. The van der Waals surface area contributed by atoms with E-state index in [-0.39, 0.29) is 6.61 Å². The van der Waals surface area contributed by atoms with Crippen molar-refractivity contribution in [2.45, 2.75) is 40.0 Å². The lowest BCUT2D eigenvalue weighted by Gasteiger charge is -2.14. The van der Waals surface area contributed by atoms with Crippen LogP contribution in [0.25, 0.3) is 0 Å². The molecule has 1 rings (SSSR count). The fourth-order valence-electron chi connectivity index (χ4n) is 1.90. The summed E-state index contributed by atoms with van der Waals surface area (Å²) in [4.78, 5) is 12.0. The van der Waals surface area contributed by atoms with Gasteiger partial charge in [-0.2, -0.15) is 10.4 Å². The zero-order chi connectivity index (χ0) is 15.3. The molecular weight excluding hydrogens is 256 g/mol. The highest BCUT2D eigenvalue weighted by Gasteiger charge is 2.21. The summed E-state index contributed by atoms with van der Waals surface area (Å²) in [6.45, 7) is 5.93. The number of hydrogen-bond donors (Lipinski definition) is 1. The monoisotopic (exact) mass is 278 g/mol. The Kier molecular flexibility index (Phi) is 5.14. The lowest BCUT2D eigenvalue weighted by molar-refractivity contribution is 0.0479. The molecule has 0 unspecified atom stereocenters. The summed E-state index contributed by atoms with van der Waals surface area (Å²) >= 11 is 0. The third-order valence-electron chi connectivity index (χ3n) is 3.17. The van der Waals surface area contributed by atoms with Gasteiger partial charge >= 0.3 is 5.97 Å². The molecule has 2 N–H and O–H groups in total. The summed E-state index contributed by atoms with van der Waals surface area (Å²) in [5.74, 6) is -0.466. The van der Waals surface area contributed by atoms with Crippen molar-refractivity contribution in [1.29, 1.82) is 5.26 Å². The van der Waals surface area contributed by atoms with E-state index < -0.39 is 11.4 Å². The molecular formula is C14H22N4O2. The number of carbonyl (C=O) groups is 1. The van der Waals surface area contributed by atoms with Crippen LogP contribution in [0, 0.1) is 16.7 Å². The van der Waals surface area contributed by atoms with Gasteiger partial charge in [-0.25, -0.2) is 4.79 Å². The standard InChI is InChI=1S/C14H22N4O2/c1-5-10-11(16)12(18(4)17-10)13(19)20-8-6-7-14(2,3)9-15/h5-8,16H2,1-4H3. The molecule has 0 aliphatic heterocycles. The van der Waals surface area contributed by atoms with Crippen molar-refractivity contribution in [2.24, 2.45) is 12.5 Å². The number of aryl methyl sites for hydroxylation is 2. The summed E-state index contributed by atoms with van der Waals surface area (Å²) in [5.41, 5.74) is 6.87. The third kappa shape index (κ3) is 3.73. The first-order valence-corrected chi connectivity index (χ1v) is 6.72. The van der Waals surface area contributed by atoms with E-state index in [2.05, 4.69) is 11.2 Å². The van der Waals surface area contributed by atoms with Crippen LogP contribution < -0.4 is 5.73 Å². The van der Waals surface area contributed by atoms with Gasteiger partial charge in [0.25, 0.3) is 0 Å². The van der Waals surface area contributed by atoms with Crippen molar-refractivity contribution in [3.63, 3.8) is 0 Å². The molecule has 0 amide bonds. The number of anilines is 1. The molecule has 0 aliphatic carbocycles. The van der Waals surface area contributed by atoms with Crippen molar-refractivity contribution >= 4 is 11.7 Å². The maximum absolute atomic E-state index is 12.0. The first-order valence-electron chi connectivity index (χ1n) is 6.72.